The zero-order chi connectivity index (χ0) is 15.2. The number of fused-ring (bicyclic) bond motifs is 2. The second-order valence-electron chi connectivity index (χ2n) is 4.68. The summed E-state index contributed by atoms with van der Waals surface area (Å²) < 4.78 is 52.6. The number of carbonyl (C=O) groups excluding carboxylic acids is 2. The van der Waals surface area contributed by atoms with Crippen molar-refractivity contribution in [3.8, 4) is 0 Å². The van der Waals surface area contributed by atoms with Gasteiger partial charge in [-0.1, -0.05) is 22.6 Å². The first-order valence-electron chi connectivity index (χ1n) is 5.76. The number of rotatable bonds is 2. The molecule has 2 rings (SSSR count). The molecule has 0 aromatic heterocycles. The summed E-state index contributed by atoms with van der Waals surface area (Å²) in [6, 6.07) is 0. The summed E-state index contributed by atoms with van der Waals surface area (Å²) in [4.78, 5) is 23.5. The van der Waals surface area contributed by atoms with Gasteiger partial charge in [0.15, 0.2) is 0 Å². The molecule has 0 unspecified atom stereocenters. The van der Waals surface area contributed by atoms with Gasteiger partial charge in [-0.2, -0.15) is 13.2 Å². The fourth-order valence-electron chi connectivity index (χ4n) is 2.93. The third-order valence-corrected chi connectivity index (χ3v) is 5.23. The third kappa shape index (κ3) is 2.28. The van der Waals surface area contributed by atoms with Crippen LogP contribution in [0.25, 0.3) is 0 Å². The van der Waals surface area contributed by atoms with Gasteiger partial charge in [0.25, 0.3) is 0 Å². The Morgan fingerprint density at radius 2 is 1.50 bits per heavy atom. The van der Waals surface area contributed by atoms with Crippen molar-refractivity contribution in [1.82, 2.24) is 0 Å². The topological polar surface area (TPSA) is 61.8 Å². The van der Waals surface area contributed by atoms with Crippen LogP contribution in [0.5, 0.6) is 0 Å². The van der Waals surface area contributed by atoms with Crippen LogP contribution >= 0.6 is 22.6 Å². The fourth-order valence-corrected chi connectivity index (χ4v) is 4.36. The van der Waals surface area contributed by atoms with Crippen LogP contribution in [0.2, 0.25) is 0 Å². The molecule has 114 valence electrons. The lowest BCUT2D eigenvalue weighted by atomic mass is 9.73. The average Bonchev–Trinajstić information content (AvgIpc) is 2.90. The molecule has 0 radical (unpaired) electrons. The molecule has 5 nitrogen and oxygen atoms in total. The summed E-state index contributed by atoms with van der Waals surface area (Å²) >= 11 is 1.62. The van der Waals surface area contributed by atoms with Gasteiger partial charge in [-0.25, -0.2) is 0 Å². The predicted molar refractivity (Wildman–Crippen MR) is 67.0 cm³/mol. The van der Waals surface area contributed by atoms with Crippen molar-refractivity contribution in [2.75, 3.05) is 14.2 Å². The number of halogens is 4. The Bertz CT molecular complexity index is 427. The van der Waals surface area contributed by atoms with Crippen molar-refractivity contribution < 1.29 is 37.0 Å². The number of methoxy groups -OCH3 is 2. The quantitative estimate of drug-likeness (QED) is 0.392. The van der Waals surface area contributed by atoms with Crippen LogP contribution in [0, 0.1) is 17.8 Å². The normalized spacial score (nSPS) is 39.7. The molecule has 2 fully saturated rings. The van der Waals surface area contributed by atoms with Crippen LogP contribution < -0.4 is 0 Å². The second-order valence-corrected chi connectivity index (χ2v) is 6.11. The summed E-state index contributed by atoms with van der Waals surface area (Å²) in [6.07, 6.45) is -6.90. The van der Waals surface area contributed by atoms with Crippen LogP contribution in [0.3, 0.4) is 0 Å². The first-order valence-corrected chi connectivity index (χ1v) is 7.00. The van der Waals surface area contributed by atoms with Crippen molar-refractivity contribution in [3.05, 3.63) is 0 Å². The monoisotopic (exact) mass is 408 g/mol. The van der Waals surface area contributed by atoms with E-state index < -0.39 is 52.0 Å². The Morgan fingerprint density at radius 3 is 1.90 bits per heavy atom. The molecule has 2 heterocycles. The van der Waals surface area contributed by atoms with Crippen LogP contribution in [-0.2, 0) is 23.8 Å². The standard InChI is InChI=1S/C11H12F3IO5/c1-18-9(16)3-4(10(17)19-2)8-6(15)5(7(3)20-8)11(12,13)14/h3-8H,1-2H3/t3-,4+,5+,6+,7-,8+/m1/s1. The van der Waals surface area contributed by atoms with E-state index in [2.05, 4.69) is 9.47 Å². The molecule has 0 aliphatic carbocycles. The molecule has 2 bridgehead atoms. The van der Waals surface area contributed by atoms with E-state index in [4.69, 9.17) is 4.74 Å². The highest BCUT2D eigenvalue weighted by Gasteiger charge is 2.70. The van der Waals surface area contributed by atoms with E-state index in [1.54, 1.807) is 22.6 Å². The van der Waals surface area contributed by atoms with Crippen molar-refractivity contribution >= 4 is 34.5 Å². The molecule has 2 saturated heterocycles. The molecule has 20 heavy (non-hydrogen) atoms. The van der Waals surface area contributed by atoms with Gasteiger partial charge in [0, 0.05) is 0 Å². The maximum absolute atomic E-state index is 13.1. The summed E-state index contributed by atoms with van der Waals surface area (Å²) in [7, 11) is 2.18. The van der Waals surface area contributed by atoms with Gasteiger partial charge in [0.1, 0.15) is 0 Å². The Labute approximate surface area is 126 Å². The van der Waals surface area contributed by atoms with E-state index in [9.17, 15) is 22.8 Å². The largest absolute Gasteiger partial charge is 0.469 e. The summed E-state index contributed by atoms with van der Waals surface area (Å²) in [5.41, 5.74) is 0. The molecule has 2 aliphatic rings. The summed E-state index contributed by atoms with van der Waals surface area (Å²) in [5, 5.41) is 0. The zero-order valence-corrected chi connectivity index (χ0v) is 12.7. The molecule has 0 aromatic rings. The lowest BCUT2D eigenvalue weighted by molar-refractivity contribution is -0.194. The van der Waals surface area contributed by atoms with E-state index in [0.29, 0.717) is 0 Å². The number of ether oxygens (including phenoxy) is 3. The highest BCUT2D eigenvalue weighted by molar-refractivity contribution is 14.1. The first-order chi connectivity index (χ1) is 9.23. The Kier molecular flexibility index (Phi) is 4.20. The molecule has 6 atom stereocenters. The minimum absolute atomic E-state index is 0.754. The van der Waals surface area contributed by atoms with Crippen molar-refractivity contribution in [1.29, 1.82) is 0 Å². The van der Waals surface area contributed by atoms with Gasteiger partial charge >= 0.3 is 18.1 Å². The van der Waals surface area contributed by atoms with Crippen LogP contribution in [0.4, 0.5) is 13.2 Å². The van der Waals surface area contributed by atoms with E-state index in [0.717, 1.165) is 14.2 Å². The SMILES string of the molecule is COC(=O)[C@@H]1[C@@H]2O[C@H]([C@@H]1C(=O)OC)[C@@H](C(F)(F)F)[C@@H]2I. The van der Waals surface area contributed by atoms with Crippen LogP contribution in [-0.4, -0.2) is 48.5 Å². The highest BCUT2D eigenvalue weighted by Crippen LogP contribution is 2.55. The van der Waals surface area contributed by atoms with Gasteiger partial charge in [-0.05, 0) is 0 Å². The third-order valence-electron chi connectivity index (χ3n) is 3.74. The lowest BCUT2D eigenvalue weighted by Crippen LogP contribution is -2.51. The highest BCUT2D eigenvalue weighted by atomic mass is 127. The van der Waals surface area contributed by atoms with E-state index in [-0.39, 0.29) is 0 Å². The summed E-state index contributed by atoms with van der Waals surface area (Å²) in [6.45, 7) is 0. The molecular formula is C11H12F3IO5. The number of alkyl halides is 4. The van der Waals surface area contributed by atoms with Gasteiger partial charge < -0.3 is 14.2 Å². The zero-order valence-electron chi connectivity index (χ0n) is 10.5. The van der Waals surface area contributed by atoms with Gasteiger partial charge in [0.05, 0.1) is 48.1 Å². The van der Waals surface area contributed by atoms with Crippen molar-refractivity contribution in [2.24, 2.45) is 17.8 Å². The average molecular weight is 408 g/mol. The van der Waals surface area contributed by atoms with Gasteiger partial charge in [-0.3, -0.25) is 9.59 Å². The molecule has 0 spiro atoms. The van der Waals surface area contributed by atoms with Crippen LogP contribution in [0.1, 0.15) is 0 Å². The van der Waals surface area contributed by atoms with Crippen molar-refractivity contribution in [3.63, 3.8) is 0 Å². The molecular weight excluding hydrogens is 396 g/mol. The Balaban J connectivity index is 2.37. The molecule has 9 heteroatoms. The van der Waals surface area contributed by atoms with Gasteiger partial charge in [0.2, 0.25) is 0 Å². The van der Waals surface area contributed by atoms with E-state index in [1.165, 1.54) is 0 Å². The first kappa shape index (κ1) is 15.8. The second kappa shape index (κ2) is 5.32. The smallest absolute Gasteiger partial charge is 0.395 e. The molecule has 0 N–H and O–H groups in total. The minimum Gasteiger partial charge on any atom is -0.469 e. The Hall–Kier alpha value is -0.580. The lowest BCUT2D eigenvalue weighted by Gasteiger charge is -2.33. The van der Waals surface area contributed by atoms with E-state index in [1.807, 2.05) is 0 Å². The molecule has 0 amide bonds. The minimum atomic E-state index is -4.50. The van der Waals surface area contributed by atoms with Crippen molar-refractivity contribution in [2.45, 2.75) is 22.3 Å². The number of hydrogen-bond acceptors (Lipinski definition) is 5. The molecule has 0 aromatic carbocycles. The number of esters is 2. The van der Waals surface area contributed by atoms with Gasteiger partial charge in [-0.15, -0.1) is 0 Å². The maximum Gasteiger partial charge on any atom is 0.395 e. The fraction of sp³-hybridized carbons (Fsp3) is 0.818. The van der Waals surface area contributed by atoms with E-state index >= 15 is 0 Å². The Morgan fingerprint density at radius 1 is 1.05 bits per heavy atom. The number of carbonyl (C=O) groups is 2. The molecule has 2 aliphatic heterocycles. The molecule has 0 saturated carbocycles. The summed E-state index contributed by atoms with van der Waals surface area (Å²) in [5.74, 6) is -5.77. The predicted octanol–water partition coefficient (Wildman–Crippen LogP) is 1.33. The number of hydrogen-bond donors (Lipinski definition) is 0. The maximum atomic E-state index is 13.1. The van der Waals surface area contributed by atoms with Crippen LogP contribution in [0.15, 0.2) is 0 Å².